The Morgan fingerprint density at radius 1 is 1.22 bits per heavy atom. The number of allylic oxidation sites excluding steroid dienone is 2. The molecule has 0 aromatic heterocycles. The molecule has 5 aliphatic rings. The van der Waals surface area contributed by atoms with E-state index in [1.54, 1.807) is 11.6 Å². The zero-order valence-corrected chi connectivity index (χ0v) is 29.0. The molecule has 4 aliphatic heterocycles. The molecule has 2 N–H and O–H groups in total. The van der Waals surface area contributed by atoms with E-state index < -0.39 is 13.0 Å². The van der Waals surface area contributed by atoms with Gasteiger partial charge >= 0.3 is 0 Å². The minimum atomic E-state index is -2.10. The van der Waals surface area contributed by atoms with Crippen LogP contribution < -0.4 is 0 Å². The third kappa shape index (κ3) is 7.69. The molecule has 0 bridgehead atoms. The van der Waals surface area contributed by atoms with Gasteiger partial charge in [-0.15, -0.1) is 25.1 Å². The topological polar surface area (TPSA) is 76.2 Å². The number of hydrogen-bond acceptors (Lipinski definition) is 5. The summed E-state index contributed by atoms with van der Waals surface area (Å²) in [5.74, 6) is 3.20. The summed E-state index contributed by atoms with van der Waals surface area (Å²) >= 11 is 2.05. The molecule has 0 amide bonds. The summed E-state index contributed by atoms with van der Waals surface area (Å²) < 4.78 is 29.5. The van der Waals surface area contributed by atoms with E-state index in [1.807, 2.05) is 11.8 Å². The van der Waals surface area contributed by atoms with Gasteiger partial charge in [-0.3, -0.25) is 4.99 Å². The molecule has 2 fully saturated rings. The summed E-state index contributed by atoms with van der Waals surface area (Å²) in [5.41, 5.74) is 3.15. The van der Waals surface area contributed by atoms with Crippen molar-refractivity contribution in [1.29, 1.82) is 0 Å². The monoisotopic (exact) mass is 766 g/mol. The van der Waals surface area contributed by atoms with Crippen molar-refractivity contribution in [2.75, 3.05) is 6.54 Å². The van der Waals surface area contributed by atoms with Crippen LogP contribution in [0.3, 0.4) is 0 Å². The SMILES string of the molecule is CCC(CC)/C(O)=C/[C@@H](O)C(CC)CC.[2H]C([2H])([2H])C1=NC2OC3=C([C@@H]4[N-]CC=C5[C@H](C)[C@H](C)S[C@@H]54)[CH-]CC[C@H]3C2CC1.[Ir]. The van der Waals surface area contributed by atoms with Gasteiger partial charge in [0.15, 0.2) is 6.23 Å². The van der Waals surface area contributed by atoms with Crippen LogP contribution in [-0.4, -0.2) is 51.3 Å². The van der Waals surface area contributed by atoms with Crippen LogP contribution in [0, 0.1) is 36.0 Å². The predicted octanol–water partition coefficient (Wildman–Crippen LogP) is 8.56. The smallest absolute Gasteiger partial charge is 0.171 e. The van der Waals surface area contributed by atoms with Crippen LogP contribution in [0.15, 0.2) is 39.8 Å². The average Bonchev–Trinajstić information content (AvgIpc) is 3.50. The normalized spacial score (nSPS) is 34.7. The van der Waals surface area contributed by atoms with E-state index in [0.717, 1.165) is 57.2 Å². The fourth-order valence-corrected chi connectivity index (χ4v) is 8.87. The Kier molecular flexibility index (Phi) is 11.7. The Morgan fingerprint density at radius 3 is 2.61 bits per heavy atom. The fourth-order valence-electron chi connectivity index (χ4n) is 7.17. The molecular weight excluding hydrogens is 709 g/mol. The van der Waals surface area contributed by atoms with Crippen LogP contribution in [0.1, 0.15) is 104 Å². The number of aliphatic hydroxyl groups is 2. The van der Waals surface area contributed by atoms with Gasteiger partial charge in [0.2, 0.25) is 0 Å². The van der Waals surface area contributed by atoms with E-state index >= 15 is 0 Å². The number of ether oxygens (including phenoxy) is 1. The summed E-state index contributed by atoms with van der Waals surface area (Å²) in [7, 11) is 0. The van der Waals surface area contributed by atoms with E-state index in [4.69, 9.17) is 14.2 Å². The minimum Gasteiger partial charge on any atom is -0.654 e. The Balaban J connectivity index is 0.000000286. The molecule has 0 spiro atoms. The van der Waals surface area contributed by atoms with Gasteiger partial charge in [0, 0.05) is 52.3 Å². The van der Waals surface area contributed by atoms with Gasteiger partial charge in [0.25, 0.3) is 0 Å². The third-order valence-corrected chi connectivity index (χ3v) is 11.7. The van der Waals surface area contributed by atoms with Crippen molar-refractivity contribution in [3.05, 3.63) is 46.6 Å². The van der Waals surface area contributed by atoms with Gasteiger partial charge in [-0.25, -0.2) is 6.42 Å². The van der Waals surface area contributed by atoms with E-state index in [-0.39, 0.29) is 44.2 Å². The number of fused-ring (bicyclic) bond motifs is 4. The van der Waals surface area contributed by atoms with Crippen LogP contribution in [0.4, 0.5) is 0 Å². The second kappa shape index (κ2) is 15.8. The van der Waals surface area contributed by atoms with Crippen molar-refractivity contribution in [3.63, 3.8) is 0 Å². The molecule has 0 saturated carbocycles. The molecule has 0 aromatic rings. The van der Waals surface area contributed by atoms with E-state index in [1.165, 1.54) is 5.57 Å². The Bertz CT molecular complexity index is 1090. The molecular formula is C34H54IrN2O3S-2. The Morgan fingerprint density at radius 2 is 1.95 bits per heavy atom. The number of thioether (sulfide) groups is 1. The molecule has 5 nitrogen and oxygen atoms in total. The van der Waals surface area contributed by atoms with E-state index in [0.29, 0.717) is 46.1 Å². The standard InChI is InChI=1S/C21H28N2OS.C13H26O2.Ir/c1-11-7-8-16-15-5-4-6-17(19(15)24-21(16)23-11)18-20-14(9-10-22-18)12(2)13(3)25-20;1-5-10(6-2)12(14)9-13(15)11(7-3)8-4;/h6,9,12-13,15-16,18,20-21H,4-5,7-8,10H2,1-3H3;9-12,14-15H,5-8H2,1-4H3;/q-2;;/b;13-9-;/t12-,13+,15+,16?,18+,20+,21?;12-;/m11./s1/i1D3;;. The second-order valence-corrected chi connectivity index (χ2v) is 13.8. The second-order valence-electron chi connectivity index (χ2n) is 12.2. The van der Waals surface area contributed by atoms with Crippen LogP contribution in [0.5, 0.6) is 0 Å². The van der Waals surface area contributed by atoms with Crippen molar-refractivity contribution >= 4 is 17.5 Å². The van der Waals surface area contributed by atoms with Crippen molar-refractivity contribution in [2.45, 2.75) is 129 Å². The van der Waals surface area contributed by atoms with Crippen molar-refractivity contribution in [3.8, 4) is 0 Å². The van der Waals surface area contributed by atoms with Crippen LogP contribution in [0.25, 0.3) is 5.32 Å². The first-order chi connectivity index (χ1) is 20.4. The summed E-state index contributed by atoms with van der Waals surface area (Å²) in [5, 5.41) is 25.7. The number of hydrogen-bond donors (Lipinski definition) is 2. The van der Waals surface area contributed by atoms with Crippen molar-refractivity contribution in [1.82, 2.24) is 0 Å². The van der Waals surface area contributed by atoms with Crippen molar-refractivity contribution in [2.24, 2.45) is 34.6 Å². The van der Waals surface area contributed by atoms with E-state index in [2.05, 4.69) is 59.0 Å². The molecule has 5 rings (SSSR count). The quantitative estimate of drug-likeness (QED) is 0.148. The number of aliphatic hydroxyl groups excluding tert-OH is 2. The average molecular weight is 766 g/mol. The molecule has 2 saturated heterocycles. The van der Waals surface area contributed by atoms with Crippen LogP contribution in [-0.2, 0) is 24.8 Å². The molecule has 235 valence electrons. The van der Waals surface area contributed by atoms with Gasteiger partial charge in [-0.1, -0.05) is 66.4 Å². The van der Waals surface area contributed by atoms with Gasteiger partial charge in [-0.05, 0) is 62.1 Å². The fraction of sp³-hybridized carbons (Fsp3) is 0.765. The number of nitrogens with zero attached hydrogens (tertiary/aromatic N) is 2. The van der Waals surface area contributed by atoms with Crippen LogP contribution in [0.2, 0.25) is 0 Å². The zero-order chi connectivity index (χ0) is 31.5. The number of rotatable bonds is 8. The third-order valence-electron chi connectivity index (χ3n) is 10.0. The first kappa shape index (κ1) is 30.3. The summed E-state index contributed by atoms with van der Waals surface area (Å²) in [6, 6.07) is 0.168. The van der Waals surface area contributed by atoms with Gasteiger partial charge in [0.05, 0.1) is 11.9 Å². The zero-order valence-electron chi connectivity index (χ0n) is 28.8. The molecule has 7 heteroatoms. The molecule has 41 heavy (non-hydrogen) atoms. The number of aliphatic imine (C=N–C) groups is 1. The molecule has 1 radical (unpaired) electrons. The molecule has 4 heterocycles. The predicted molar refractivity (Wildman–Crippen MR) is 170 cm³/mol. The molecule has 1 aliphatic carbocycles. The van der Waals surface area contributed by atoms with Crippen LogP contribution >= 0.6 is 11.8 Å². The molecule has 8 atom stereocenters. The summed E-state index contributed by atoms with van der Waals surface area (Å²) in [6.45, 7) is 11.6. The minimum absolute atomic E-state index is 0. The van der Waals surface area contributed by atoms with Gasteiger partial charge in [-0.2, -0.15) is 17.3 Å². The largest absolute Gasteiger partial charge is 0.654 e. The van der Waals surface area contributed by atoms with Gasteiger partial charge < -0.3 is 20.3 Å². The maximum absolute atomic E-state index is 9.88. The van der Waals surface area contributed by atoms with Crippen molar-refractivity contribution < 1.29 is 39.2 Å². The Hall–Kier alpha value is -0.721. The maximum atomic E-state index is 9.88. The summed E-state index contributed by atoms with van der Waals surface area (Å²) in [4.78, 5) is 4.55. The first-order valence-electron chi connectivity index (χ1n) is 17.4. The van der Waals surface area contributed by atoms with E-state index in [9.17, 15) is 10.2 Å². The molecule has 0 aromatic carbocycles. The first-order valence-corrected chi connectivity index (χ1v) is 16.8. The maximum Gasteiger partial charge on any atom is 0.171 e. The molecule has 2 unspecified atom stereocenters. The Labute approximate surface area is 272 Å². The van der Waals surface area contributed by atoms with Gasteiger partial charge in [0.1, 0.15) is 0 Å². The summed E-state index contributed by atoms with van der Waals surface area (Å²) in [6.07, 6.45) is 12.8.